The van der Waals surface area contributed by atoms with Crippen molar-refractivity contribution in [1.82, 2.24) is 19.7 Å². The zero-order valence-corrected chi connectivity index (χ0v) is 17.6. The number of nitrogens with zero attached hydrogens (tertiary/aromatic N) is 4. The van der Waals surface area contributed by atoms with Crippen molar-refractivity contribution in [1.29, 1.82) is 5.26 Å². The second kappa shape index (κ2) is 12.0. The van der Waals surface area contributed by atoms with Gasteiger partial charge < -0.3 is 15.5 Å². The number of aliphatic hydroxyl groups excluding tert-OH is 2. The highest BCUT2D eigenvalue weighted by atomic mass is 35.5. The molecule has 2 rings (SSSR count). The van der Waals surface area contributed by atoms with Gasteiger partial charge in [0.1, 0.15) is 6.20 Å². The lowest BCUT2D eigenvalue weighted by Crippen LogP contribution is -2.41. The molecule has 0 fully saturated rings. The number of aromatic nitrogens is 3. The summed E-state index contributed by atoms with van der Waals surface area (Å²) in [6.45, 7) is -0.555. The van der Waals surface area contributed by atoms with Crippen LogP contribution in [0.5, 0.6) is 0 Å². The molecule has 1 aromatic carbocycles. The minimum Gasteiger partial charge on any atom is -0.395 e. The molecule has 166 valence electrons. The van der Waals surface area contributed by atoms with Crippen LogP contribution in [0.3, 0.4) is 0 Å². The van der Waals surface area contributed by atoms with E-state index in [0.717, 1.165) is 34.7 Å². The van der Waals surface area contributed by atoms with E-state index in [1.165, 1.54) is 18.2 Å². The fourth-order valence-corrected chi connectivity index (χ4v) is 3.11. The summed E-state index contributed by atoms with van der Waals surface area (Å²) >= 11 is 6.13. The fourth-order valence-electron chi connectivity index (χ4n) is 2.91. The summed E-state index contributed by atoms with van der Waals surface area (Å²) in [5.41, 5.74) is -1.12. The van der Waals surface area contributed by atoms with Gasteiger partial charge in [-0.3, -0.25) is 14.2 Å². The minimum atomic E-state index is -0.762. The lowest BCUT2D eigenvalue weighted by Gasteiger charge is -2.13. The molecule has 1 heterocycles. The number of hydrogen-bond acceptors (Lipinski definition) is 7. The van der Waals surface area contributed by atoms with Gasteiger partial charge in [-0.25, -0.2) is 4.79 Å². The van der Waals surface area contributed by atoms with Gasteiger partial charge in [0.05, 0.1) is 41.6 Å². The molecular formula is C20H24ClN5O5. The predicted octanol–water partition coefficient (Wildman–Crippen LogP) is 0.605. The summed E-state index contributed by atoms with van der Waals surface area (Å²) < 4.78 is 1.76. The molecule has 0 aliphatic rings. The number of nitrogens with one attached hydrogen (secondary N) is 1. The van der Waals surface area contributed by atoms with E-state index < -0.39 is 29.9 Å². The van der Waals surface area contributed by atoms with Crippen LogP contribution >= 0.6 is 11.6 Å². The van der Waals surface area contributed by atoms with E-state index in [1.807, 2.05) is 0 Å². The Morgan fingerprint density at radius 3 is 2.77 bits per heavy atom. The maximum Gasteiger partial charge on any atom is 0.352 e. The number of aliphatic hydroxyl groups is 2. The molecule has 11 heteroatoms. The molecule has 0 bridgehead atoms. The van der Waals surface area contributed by atoms with Crippen LogP contribution in [-0.4, -0.2) is 49.7 Å². The second-order valence-corrected chi connectivity index (χ2v) is 7.25. The molecule has 0 radical (unpaired) electrons. The average molecular weight is 450 g/mol. The molecule has 10 nitrogen and oxygen atoms in total. The van der Waals surface area contributed by atoms with Crippen LogP contribution in [0.1, 0.15) is 42.5 Å². The van der Waals surface area contributed by atoms with Gasteiger partial charge >= 0.3 is 5.69 Å². The number of halogens is 1. The van der Waals surface area contributed by atoms with Crippen molar-refractivity contribution in [3.05, 3.63) is 55.8 Å². The van der Waals surface area contributed by atoms with E-state index in [9.17, 15) is 19.5 Å². The lowest BCUT2D eigenvalue weighted by atomic mass is 10.1. The van der Waals surface area contributed by atoms with Crippen LogP contribution in [0.25, 0.3) is 5.69 Å². The average Bonchev–Trinajstić information content (AvgIpc) is 2.75. The van der Waals surface area contributed by atoms with Gasteiger partial charge in [0.25, 0.3) is 11.5 Å². The maximum absolute atomic E-state index is 12.5. The SMILES string of the molecule is N#CCCCCCC(O)CNC(=O)c1cc(-n2ncc(=O)n(CCO)c2=O)ccc1Cl. The Labute approximate surface area is 183 Å². The summed E-state index contributed by atoms with van der Waals surface area (Å²) in [6, 6.07) is 6.31. The van der Waals surface area contributed by atoms with Crippen molar-refractivity contribution in [2.45, 2.75) is 44.8 Å². The fraction of sp³-hybridized carbons (Fsp3) is 0.450. The Morgan fingerprint density at radius 1 is 1.29 bits per heavy atom. The number of carbonyl (C=O) groups excluding carboxylic acids is 1. The molecule has 0 saturated heterocycles. The first kappa shape index (κ1) is 24.3. The monoisotopic (exact) mass is 449 g/mol. The van der Waals surface area contributed by atoms with Crippen molar-refractivity contribution < 1.29 is 15.0 Å². The Balaban J connectivity index is 2.10. The van der Waals surface area contributed by atoms with Gasteiger partial charge in [-0.1, -0.05) is 24.4 Å². The smallest absolute Gasteiger partial charge is 0.352 e. The second-order valence-electron chi connectivity index (χ2n) is 6.84. The van der Waals surface area contributed by atoms with Crippen molar-refractivity contribution in [2.75, 3.05) is 13.2 Å². The van der Waals surface area contributed by atoms with Crippen molar-refractivity contribution in [3.63, 3.8) is 0 Å². The first-order valence-corrected chi connectivity index (χ1v) is 10.2. The molecule has 2 aromatic rings. The van der Waals surface area contributed by atoms with Crippen molar-refractivity contribution >= 4 is 17.5 Å². The van der Waals surface area contributed by atoms with Crippen LogP contribution in [0.15, 0.2) is 34.0 Å². The number of rotatable bonds is 11. The van der Waals surface area contributed by atoms with Crippen LogP contribution in [0.4, 0.5) is 0 Å². The molecule has 0 spiro atoms. The lowest BCUT2D eigenvalue weighted by molar-refractivity contribution is 0.0909. The first-order chi connectivity index (χ1) is 14.9. The van der Waals surface area contributed by atoms with Gasteiger partial charge in [-0.05, 0) is 31.0 Å². The number of nitriles is 1. The summed E-state index contributed by atoms with van der Waals surface area (Å²) in [5, 5.41) is 34.1. The maximum atomic E-state index is 12.5. The molecule has 3 N–H and O–H groups in total. The van der Waals surface area contributed by atoms with E-state index in [-0.39, 0.29) is 29.4 Å². The molecule has 31 heavy (non-hydrogen) atoms. The summed E-state index contributed by atoms with van der Waals surface area (Å²) in [6.07, 6.45) is 3.52. The Kier molecular flexibility index (Phi) is 9.40. The number of unbranched alkanes of at least 4 members (excludes halogenated alkanes) is 3. The van der Waals surface area contributed by atoms with Gasteiger partial charge in [0, 0.05) is 13.0 Å². The van der Waals surface area contributed by atoms with E-state index in [0.29, 0.717) is 12.8 Å². The molecule has 0 saturated carbocycles. The largest absolute Gasteiger partial charge is 0.395 e. The third kappa shape index (κ3) is 6.75. The number of amides is 1. The quantitative estimate of drug-likeness (QED) is 0.425. The molecule has 1 aromatic heterocycles. The first-order valence-electron chi connectivity index (χ1n) is 9.82. The van der Waals surface area contributed by atoms with Crippen LogP contribution in [0.2, 0.25) is 5.02 Å². The Morgan fingerprint density at radius 2 is 2.06 bits per heavy atom. The highest BCUT2D eigenvalue weighted by molar-refractivity contribution is 6.33. The highest BCUT2D eigenvalue weighted by Crippen LogP contribution is 2.19. The minimum absolute atomic E-state index is 0.0250. The zero-order chi connectivity index (χ0) is 22.8. The molecule has 1 amide bonds. The van der Waals surface area contributed by atoms with Crippen LogP contribution < -0.4 is 16.6 Å². The normalized spacial score (nSPS) is 11.7. The molecule has 1 atom stereocenters. The third-order valence-electron chi connectivity index (χ3n) is 4.55. The van der Waals surface area contributed by atoms with Crippen LogP contribution in [-0.2, 0) is 6.54 Å². The van der Waals surface area contributed by atoms with Gasteiger partial charge in [-0.2, -0.15) is 15.0 Å². The Hall–Kier alpha value is -3.00. The summed E-state index contributed by atoms with van der Waals surface area (Å²) in [4.78, 5) is 36.8. The topological polar surface area (TPSA) is 150 Å². The van der Waals surface area contributed by atoms with Crippen molar-refractivity contribution in [3.8, 4) is 11.8 Å². The van der Waals surface area contributed by atoms with Crippen LogP contribution in [0, 0.1) is 11.3 Å². The van der Waals surface area contributed by atoms with Gasteiger partial charge in [-0.15, -0.1) is 0 Å². The van der Waals surface area contributed by atoms with E-state index in [4.69, 9.17) is 22.0 Å². The van der Waals surface area contributed by atoms with E-state index in [1.54, 1.807) is 0 Å². The summed E-state index contributed by atoms with van der Waals surface area (Å²) in [5.74, 6) is -0.535. The molecular weight excluding hydrogens is 426 g/mol. The van der Waals surface area contributed by atoms with Gasteiger partial charge in [0.15, 0.2) is 0 Å². The highest BCUT2D eigenvalue weighted by Gasteiger charge is 2.15. The summed E-state index contributed by atoms with van der Waals surface area (Å²) in [7, 11) is 0. The van der Waals surface area contributed by atoms with Crippen molar-refractivity contribution in [2.24, 2.45) is 0 Å². The standard InChI is InChI=1S/C20H24ClN5O5/c21-17-7-6-14(26-20(31)25(9-10-27)18(29)13-24-26)11-16(17)19(30)23-12-15(28)5-3-1-2-4-8-22/h6-7,11,13,15,27-28H,1-5,9-10,12H2,(H,23,30). The Bertz CT molecular complexity index is 1060. The number of carbonyl (C=O) groups is 1. The van der Waals surface area contributed by atoms with E-state index >= 15 is 0 Å². The number of hydrogen-bond donors (Lipinski definition) is 3. The van der Waals surface area contributed by atoms with Gasteiger partial charge in [0.2, 0.25) is 0 Å². The third-order valence-corrected chi connectivity index (χ3v) is 4.88. The zero-order valence-electron chi connectivity index (χ0n) is 16.8. The molecule has 0 aliphatic carbocycles. The molecule has 1 unspecified atom stereocenters. The van der Waals surface area contributed by atoms with E-state index in [2.05, 4.69) is 16.5 Å². The number of benzene rings is 1. The molecule has 0 aliphatic heterocycles. The predicted molar refractivity (Wildman–Crippen MR) is 113 cm³/mol.